The molecule has 2 aliphatic rings. The molecule has 1 saturated heterocycles. The van der Waals surface area contributed by atoms with Gasteiger partial charge in [-0.05, 0) is 26.2 Å². The van der Waals surface area contributed by atoms with Gasteiger partial charge in [0.2, 0.25) is 0 Å². The molecule has 1 aromatic rings. The van der Waals surface area contributed by atoms with Gasteiger partial charge >= 0.3 is 0 Å². The van der Waals surface area contributed by atoms with Crippen LogP contribution in [-0.4, -0.2) is 29.7 Å². The van der Waals surface area contributed by atoms with Crippen LogP contribution in [0.3, 0.4) is 0 Å². The fraction of sp³-hybridized carbons (Fsp3) is 0.727. The predicted octanol–water partition coefficient (Wildman–Crippen LogP) is 1.01. The Balaban J connectivity index is 1.96. The van der Waals surface area contributed by atoms with Crippen molar-refractivity contribution in [1.82, 2.24) is 9.78 Å². The minimum absolute atomic E-state index is 0.0637. The second kappa shape index (κ2) is 3.48. The van der Waals surface area contributed by atoms with Gasteiger partial charge in [0.1, 0.15) is 5.82 Å². The number of nitrogen functional groups attached to an aromatic ring is 1. The number of nitrogens with two attached hydrogens (primary N) is 1. The second-order valence-corrected chi connectivity index (χ2v) is 7.40. The van der Waals surface area contributed by atoms with Crippen molar-refractivity contribution in [3.8, 4) is 0 Å². The first kappa shape index (κ1) is 11.1. The fourth-order valence-electron chi connectivity index (χ4n) is 2.54. The lowest BCUT2D eigenvalue weighted by Gasteiger charge is -2.10. The summed E-state index contributed by atoms with van der Waals surface area (Å²) in [7, 11) is -2.88. The SMILES string of the molecule is Cc1c(C2CC2)nn(C2CCS(=O)(=O)C2)c1N. The van der Waals surface area contributed by atoms with Crippen molar-refractivity contribution >= 4 is 15.7 Å². The molecule has 2 fully saturated rings. The average Bonchev–Trinajstić information content (AvgIpc) is 2.97. The normalized spacial score (nSPS) is 27.5. The van der Waals surface area contributed by atoms with Crippen LogP contribution in [0.15, 0.2) is 0 Å². The van der Waals surface area contributed by atoms with E-state index in [-0.39, 0.29) is 17.5 Å². The molecular formula is C11H17N3O2S. The van der Waals surface area contributed by atoms with E-state index in [4.69, 9.17) is 5.73 Å². The van der Waals surface area contributed by atoms with E-state index in [0.717, 1.165) is 11.3 Å². The van der Waals surface area contributed by atoms with E-state index in [1.165, 1.54) is 12.8 Å². The van der Waals surface area contributed by atoms with Gasteiger partial charge in [-0.3, -0.25) is 0 Å². The smallest absolute Gasteiger partial charge is 0.152 e. The Kier molecular flexibility index (Phi) is 2.26. The molecule has 1 aliphatic carbocycles. The zero-order valence-electron chi connectivity index (χ0n) is 9.89. The molecule has 1 saturated carbocycles. The van der Waals surface area contributed by atoms with Gasteiger partial charge in [0, 0.05) is 11.5 Å². The highest BCUT2D eigenvalue weighted by Crippen LogP contribution is 2.42. The zero-order chi connectivity index (χ0) is 12.2. The summed E-state index contributed by atoms with van der Waals surface area (Å²) < 4.78 is 24.7. The number of anilines is 1. The fourth-order valence-corrected chi connectivity index (χ4v) is 4.23. The Bertz CT molecular complexity index is 558. The van der Waals surface area contributed by atoms with E-state index in [0.29, 0.717) is 18.2 Å². The molecule has 17 heavy (non-hydrogen) atoms. The van der Waals surface area contributed by atoms with Crippen LogP contribution in [0.5, 0.6) is 0 Å². The average molecular weight is 255 g/mol. The topological polar surface area (TPSA) is 78.0 Å². The van der Waals surface area contributed by atoms with Gasteiger partial charge in [-0.25, -0.2) is 13.1 Å². The predicted molar refractivity (Wildman–Crippen MR) is 65.7 cm³/mol. The lowest BCUT2D eigenvalue weighted by Crippen LogP contribution is -2.15. The Labute approximate surface area is 101 Å². The first-order valence-electron chi connectivity index (χ1n) is 6.03. The molecule has 0 spiro atoms. The van der Waals surface area contributed by atoms with Crippen LogP contribution >= 0.6 is 0 Å². The van der Waals surface area contributed by atoms with Crippen molar-refractivity contribution in [2.75, 3.05) is 17.2 Å². The van der Waals surface area contributed by atoms with Crippen LogP contribution < -0.4 is 5.73 Å². The minimum Gasteiger partial charge on any atom is -0.384 e. The van der Waals surface area contributed by atoms with Crippen LogP contribution in [0.4, 0.5) is 5.82 Å². The maximum Gasteiger partial charge on any atom is 0.152 e. The highest BCUT2D eigenvalue weighted by molar-refractivity contribution is 7.91. The summed E-state index contributed by atoms with van der Waals surface area (Å²) >= 11 is 0. The Morgan fingerprint density at radius 3 is 2.59 bits per heavy atom. The van der Waals surface area contributed by atoms with Crippen LogP contribution in [0, 0.1) is 6.92 Å². The third kappa shape index (κ3) is 1.84. The summed E-state index contributed by atoms with van der Waals surface area (Å²) in [4.78, 5) is 0. The zero-order valence-corrected chi connectivity index (χ0v) is 10.7. The molecule has 0 aromatic carbocycles. The molecule has 5 nitrogen and oxygen atoms in total. The lowest BCUT2D eigenvalue weighted by atomic mass is 10.2. The molecule has 1 aromatic heterocycles. The van der Waals surface area contributed by atoms with Gasteiger partial charge in [-0.1, -0.05) is 0 Å². The summed E-state index contributed by atoms with van der Waals surface area (Å²) in [6.45, 7) is 1.98. The summed E-state index contributed by atoms with van der Waals surface area (Å²) in [6.07, 6.45) is 3.00. The standard InChI is InChI=1S/C11H17N3O2S/c1-7-10(8-2-3-8)13-14(11(7)12)9-4-5-17(15,16)6-9/h8-9H,2-6,12H2,1H3. The lowest BCUT2D eigenvalue weighted by molar-refractivity contribution is 0.502. The molecule has 0 bridgehead atoms. The van der Waals surface area contributed by atoms with E-state index >= 15 is 0 Å². The van der Waals surface area contributed by atoms with Crippen LogP contribution in [-0.2, 0) is 9.84 Å². The Morgan fingerprint density at radius 2 is 2.06 bits per heavy atom. The molecule has 94 valence electrons. The Hall–Kier alpha value is -1.04. The maximum atomic E-state index is 11.5. The summed E-state index contributed by atoms with van der Waals surface area (Å²) in [6, 6.07) is -0.0637. The van der Waals surface area contributed by atoms with Gasteiger partial charge in [-0.2, -0.15) is 5.10 Å². The van der Waals surface area contributed by atoms with E-state index in [1.54, 1.807) is 4.68 Å². The van der Waals surface area contributed by atoms with Crippen molar-refractivity contribution in [2.24, 2.45) is 0 Å². The summed E-state index contributed by atoms with van der Waals surface area (Å²) in [5.74, 6) is 1.64. The van der Waals surface area contributed by atoms with E-state index in [1.807, 2.05) is 6.92 Å². The molecule has 0 radical (unpaired) electrons. The largest absolute Gasteiger partial charge is 0.384 e. The molecule has 2 heterocycles. The molecule has 1 atom stereocenters. The molecule has 3 rings (SSSR count). The van der Waals surface area contributed by atoms with Crippen molar-refractivity contribution in [3.05, 3.63) is 11.3 Å². The van der Waals surface area contributed by atoms with Crippen LogP contribution in [0.2, 0.25) is 0 Å². The molecule has 1 unspecified atom stereocenters. The number of hydrogen-bond donors (Lipinski definition) is 1. The monoisotopic (exact) mass is 255 g/mol. The van der Waals surface area contributed by atoms with E-state index < -0.39 is 9.84 Å². The quantitative estimate of drug-likeness (QED) is 0.855. The van der Waals surface area contributed by atoms with Gasteiger partial charge in [0.05, 0.1) is 23.2 Å². The number of aromatic nitrogens is 2. The molecule has 6 heteroatoms. The number of sulfone groups is 1. The maximum absolute atomic E-state index is 11.5. The van der Waals surface area contributed by atoms with Crippen molar-refractivity contribution in [3.63, 3.8) is 0 Å². The number of rotatable bonds is 2. The van der Waals surface area contributed by atoms with Crippen LogP contribution in [0.25, 0.3) is 0 Å². The molecule has 2 N–H and O–H groups in total. The number of nitrogens with zero attached hydrogens (tertiary/aromatic N) is 2. The summed E-state index contributed by atoms with van der Waals surface area (Å²) in [5, 5.41) is 4.55. The third-order valence-corrected chi connectivity index (χ3v) is 5.50. The first-order chi connectivity index (χ1) is 7.98. The molecule has 1 aliphatic heterocycles. The van der Waals surface area contributed by atoms with Crippen molar-refractivity contribution in [2.45, 2.75) is 38.1 Å². The van der Waals surface area contributed by atoms with Gasteiger partial charge in [0.15, 0.2) is 9.84 Å². The van der Waals surface area contributed by atoms with Gasteiger partial charge in [0.25, 0.3) is 0 Å². The summed E-state index contributed by atoms with van der Waals surface area (Å²) in [5.41, 5.74) is 8.16. The third-order valence-electron chi connectivity index (χ3n) is 3.75. The van der Waals surface area contributed by atoms with Gasteiger partial charge < -0.3 is 5.73 Å². The van der Waals surface area contributed by atoms with Crippen LogP contribution in [0.1, 0.15) is 42.5 Å². The number of hydrogen-bond acceptors (Lipinski definition) is 4. The first-order valence-corrected chi connectivity index (χ1v) is 7.85. The minimum atomic E-state index is -2.88. The van der Waals surface area contributed by atoms with E-state index in [2.05, 4.69) is 5.10 Å². The van der Waals surface area contributed by atoms with E-state index in [9.17, 15) is 8.42 Å². The molecule has 0 amide bonds. The highest BCUT2D eigenvalue weighted by Gasteiger charge is 2.34. The van der Waals surface area contributed by atoms with Crippen molar-refractivity contribution in [1.29, 1.82) is 0 Å². The second-order valence-electron chi connectivity index (χ2n) is 5.17. The Morgan fingerprint density at radius 1 is 1.35 bits per heavy atom. The van der Waals surface area contributed by atoms with Crippen molar-refractivity contribution < 1.29 is 8.42 Å². The van der Waals surface area contributed by atoms with Gasteiger partial charge in [-0.15, -0.1) is 0 Å². The highest BCUT2D eigenvalue weighted by atomic mass is 32.2. The molecular weight excluding hydrogens is 238 g/mol.